The zero-order valence-electron chi connectivity index (χ0n) is 15.0. The predicted molar refractivity (Wildman–Crippen MR) is 111 cm³/mol. The topological polar surface area (TPSA) is 40.1 Å². The van der Waals surface area contributed by atoms with Crippen LogP contribution in [-0.4, -0.2) is 50.7 Å². The molecule has 140 valence electrons. The molecular weight excluding hydrogens is 378 g/mol. The third-order valence-electron chi connectivity index (χ3n) is 4.85. The summed E-state index contributed by atoms with van der Waals surface area (Å²) in [5.41, 5.74) is 2.35. The van der Waals surface area contributed by atoms with E-state index in [-0.39, 0.29) is 0 Å². The Hall–Kier alpha value is -1.99. The standard InChI is InChI=1S/C20H22ClN5S/c21-18-8-6-17(7-9-18)19-22-20(27)26(23-19)15-25-12-10-24(11-13-25)14-16-4-2-1-3-5-16/h1-9H,10-15H2,(H,22,23,27). The average molecular weight is 400 g/mol. The van der Waals surface area contributed by atoms with Crippen molar-refractivity contribution in [3.8, 4) is 11.4 Å². The van der Waals surface area contributed by atoms with E-state index in [1.807, 2.05) is 28.9 Å². The number of hydrogen-bond donors (Lipinski definition) is 1. The minimum Gasteiger partial charge on any atom is -0.297 e. The number of hydrogen-bond acceptors (Lipinski definition) is 4. The molecule has 7 heteroatoms. The number of nitrogens with one attached hydrogen (secondary N) is 1. The van der Waals surface area contributed by atoms with Gasteiger partial charge in [0.2, 0.25) is 4.77 Å². The number of H-pyrrole nitrogens is 1. The molecule has 5 nitrogen and oxygen atoms in total. The van der Waals surface area contributed by atoms with Gasteiger partial charge in [0.25, 0.3) is 0 Å². The smallest absolute Gasteiger partial charge is 0.217 e. The van der Waals surface area contributed by atoms with Crippen LogP contribution in [0.25, 0.3) is 11.4 Å². The first-order valence-corrected chi connectivity index (χ1v) is 9.87. The first-order valence-electron chi connectivity index (χ1n) is 9.09. The summed E-state index contributed by atoms with van der Waals surface area (Å²) in [7, 11) is 0. The molecule has 1 N–H and O–H groups in total. The summed E-state index contributed by atoms with van der Waals surface area (Å²) in [6.45, 7) is 5.89. The first-order chi connectivity index (χ1) is 13.2. The first kappa shape index (κ1) is 18.4. The quantitative estimate of drug-likeness (QED) is 0.657. The third-order valence-corrected chi connectivity index (χ3v) is 5.42. The van der Waals surface area contributed by atoms with Gasteiger partial charge in [0.15, 0.2) is 5.82 Å². The van der Waals surface area contributed by atoms with Crippen molar-refractivity contribution in [1.29, 1.82) is 0 Å². The summed E-state index contributed by atoms with van der Waals surface area (Å²) in [5, 5.41) is 4.03. The molecule has 1 aliphatic rings. The van der Waals surface area contributed by atoms with E-state index in [2.05, 4.69) is 50.2 Å². The van der Waals surface area contributed by atoms with Gasteiger partial charge in [-0.3, -0.25) is 14.9 Å². The molecule has 27 heavy (non-hydrogen) atoms. The largest absolute Gasteiger partial charge is 0.297 e. The second-order valence-electron chi connectivity index (χ2n) is 6.81. The Balaban J connectivity index is 1.35. The monoisotopic (exact) mass is 399 g/mol. The van der Waals surface area contributed by atoms with E-state index >= 15 is 0 Å². The Bertz CT molecular complexity index is 927. The molecule has 2 aromatic carbocycles. The number of piperazine rings is 1. The van der Waals surface area contributed by atoms with Crippen LogP contribution in [0.4, 0.5) is 0 Å². The zero-order chi connectivity index (χ0) is 18.6. The Morgan fingerprint density at radius 2 is 1.59 bits per heavy atom. The van der Waals surface area contributed by atoms with Crippen molar-refractivity contribution in [3.63, 3.8) is 0 Å². The Morgan fingerprint density at radius 3 is 2.30 bits per heavy atom. The zero-order valence-corrected chi connectivity index (χ0v) is 16.6. The summed E-state index contributed by atoms with van der Waals surface area (Å²) in [4.78, 5) is 9.39. The second kappa shape index (κ2) is 8.35. The minimum atomic E-state index is 0.576. The Labute approximate surface area is 169 Å². The van der Waals surface area contributed by atoms with E-state index in [1.54, 1.807) is 0 Å². The van der Waals surface area contributed by atoms with E-state index in [1.165, 1.54) is 5.56 Å². The second-order valence-corrected chi connectivity index (χ2v) is 7.61. The maximum absolute atomic E-state index is 5.96. The van der Waals surface area contributed by atoms with Crippen molar-refractivity contribution in [2.45, 2.75) is 13.2 Å². The number of benzene rings is 2. The lowest BCUT2D eigenvalue weighted by Crippen LogP contribution is -2.46. The highest BCUT2D eigenvalue weighted by atomic mass is 35.5. The highest BCUT2D eigenvalue weighted by molar-refractivity contribution is 7.71. The fraction of sp³-hybridized carbons (Fsp3) is 0.300. The summed E-state index contributed by atoms with van der Waals surface area (Å²) >= 11 is 11.4. The van der Waals surface area contributed by atoms with Crippen molar-refractivity contribution in [2.24, 2.45) is 0 Å². The molecule has 3 aromatic rings. The van der Waals surface area contributed by atoms with Gasteiger partial charge in [-0.05, 0) is 42.0 Å². The number of rotatable bonds is 5. The van der Waals surface area contributed by atoms with Gasteiger partial charge in [0.1, 0.15) is 0 Å². The summed E-state index contributed by atoms with van der Waals surface area (Å²) in [5.74, 6) is 0.777. The molecular formula is C20H22ClN5S. The molecule has 2 heterocycles. The lowest BCUT2D eigenvalue weighted by Gasteiger charge is -2.34. The molecule has 0 spiro atoms. The molecule has 0 atom stereocenters. The van der Waals surface area contributed by atoms with E-state index in [0.717, 1.165) is 50.8 Å². The van der Waals surface area contributed by atoms with Gasteiger partial charge in [0.05, 0.1) is 6.67 Å². The van der Waals surface area contributed by atoms with Crippen molar-refractivity contribution in [2.75, 3.05) is 26.2 Å². The molecule has 1 saturated heterocycles. The van der Waals surface area contributed by atoms with Crippen LogP contribution >= 0.6 is 23.8 Å². The van der Waals surface area contributed by atoms with Crippen molar-refractivity contribution in [3.05, 3.63) is 70.0 Å². The lowest BCUT2D eigenvalue weighted by molar-refractivity contribution is 0.0982. The Kier molecular flexibility index (Phi) is 5.69. The fourth-order valence-electron chi connectivity index (χ4n) is 3.32. The van der Waals surface area contributed by atoms with E-state index in [4.69, 9.17) is 23.8 Å². The molecule has 1 fully saturated rings. The predicted octanol–water partition coefficient (Wildman–Crippen LogP) is 4.04. The number of aromatic nitrogens is 3. The maximum atomic E-state index is 5.96. The van der Waals surface area contributed by atoms with Gasteiger partial charge in [-0.15, -0.1) is 0 Å². The minimum absolute atomic E-state index is 0.576. The SMILES string of the molecule is S=c1nc(-c2ccc(Cl)cc2)[nH]n1CN1CCN(Cc2ccccc2)CC1. The Morgan fingerprint density at radius 1 is 0.926 bits per heavy atom. The summed E-state index contributed by atoms with van der Waals surface area (Å²) < 4.78 is 2.51. The van der Waals surface area contributed by atoms with Gasteiger partial charge in [-0.2, -0.15) is 4.98 Å². The van der Waals surface area contributed by atoms with Crippen LogP contribution in [0.15, 0.2) is 54.6 Å². The van der Waals surface area contributed by atoms with Crippen LogP contribution in [0.1, 0.15) is 5.56 Å². The van der Waals surface area contributed by atoms with Gasteiger partial charge >= 0.3 is 0 Å². The highest BCUT2D eigenvalue weighted by Crippen LogP contribution is 2.18. The van der Waals surface area contributed by atoms with Gasteiger partial charge in [0, 0.05) is 43.3 Å². The fourth-order valence-corrected chi connectivity index (χ4v) is 3.64. The lowest BCUT2D eigenvalue weighted by atomic mass is 10.2. The third kappa shape index (κ3) is 4.65. The highest BCUT2D eigenvalue weighted by Gasteiger charge is 2.18. The number of aromatic amines is 1. The summed E-state index contributed by atoms with van der Waals surface area (Å²) in [6.07, 6.45) is 0. The van der Waals surface area contributed by atoms with Crippen LogP contribution in [0.3, 0.4) is 0 Å². The van der Waals surface area contributed by atoms with Crippen molar-refractivity contribution in [1.82, 2.24) is 24.6 Å². The van der Waals surface area contributed by atoms with Crippen molar-refractivity contribution < 1.29 is 0 Å². The molecule has 0 amide bonds. The van der Waals surface area contributed by atoms with Gasteiger partial charge < -0.3 is 0 Å². The van der Waals surface area contributed by atoms with Crippen molar-refractivity contribution >= 4 is 23.8 Å². The molecule has 0 unspecified atom stereocenters. The van der Waals surface area contributed by atoms with E-state index in [9.17, 15) is 0 Å². The molecule has 0 saturated carbocycles. The van der Waals surface area contributed by atoms with Crippen LogP contribution in [0, 0.1) is 4.77 Å². The molecule has 4 rings (SSSR count). The summed E-state index contributed by atoms with van der Waals surface area (Å²) in [6, 6.07) is 18.3. The number of nitrogens with zero attached hydrogens (tertiary/aromatic N) is 4. The molecule has 0 aliphatic carbocycles. The van der Waals surface area contributed by atoms with Crippen LogP contribution in [0.5, 0.6) is 0 Å². The normalized spacial score (nSPS) is 15.9. The molecule has 1 aliphatic heterocycles. The molecule has 0 bridgehead atoms. The van der Waals surface area contributed by atoms with Crippen LogP contribution < -0.4 is 0 Å². The van der Waals surface area contributed by atoms with Crippen LogP contribution in [-0.2, 0) is 13.2 Å². The van der Waals surface area contributed by atoms with Gasteiger partial charge in [-0.1, -0.05) is 41.9 Å². The van der Waals surface area contributed by atoms with Crippen LogP contribution in [0.2, 0.25) is 5.02 Å². The van der Waals surface area contributed by atoms with E-state index < -0.39 is 0 Å². The molecule has 1 aromatic heterocycles. The van der Waals surface area contributed by atoms with E-state index in [0.29, 0.717) is 9.79 Å². The maximum Gasteiger partial charge on any atom is 0.217 e. The number of halogens is 1. The molecule has 0 radical (unpaired) electrons. The average Bonchev–Trinajstić information content (AvgIpc) is 3.05. The van der Waals surface area contributed by atoms with Gasteiger partial charge in [-0.25, -0.2) is 4.68 Å².